The van der Waals surface area contributed by atoms with E-state index in [-0.39, 0.29) is 0 Å². The molecule has 5 nitrogen and oxygen atoms in total. The van der Waals surface area contributed by atoms with Crippen molar-refractivity contribution < 1.29 is 24.1 Å². The Kier molecular flexibility index (Phi) is 6.92. The van der Waals surface area contributed by atoms with Gasteiger partial charge in [-0.25, -0.2) is 0 Å². The fourth-order valence-corrected chi connectivity index (χ4v) is 2.65. The third kappa shape index (κ3) is 4.49. The number of hydrogen-bond acceptors (Lipinski definition) is 5. The third-order valence-corrected chi connectivity index (χ3v) is 4.05. The number of ether oxygens (including phenoxy) is 4. The van der Waals surface area contributed by atoms with Gasteiger partial charge in [0.15, 0.2) is 23.0 Å². The molecule has 2 aromatic carbocycles. The van der Waals surface area contributed by atoms with Crippen LogP contribution < -0.4 is 18.9 Å². The van der Waals surface area contributed by atoms with Crippen LogP contribution >= 0.6 is 0 Å². The molecule has 1 N–H and O–H groups in total. The fraction of sp³-hybridized carbons (Fsp3) is 0.333. The second kappa shape index (κ2) is 9.15. The van der Waals surface area contributed by atoms with Gasteiger partial charge in [0.25, 0.3) is 0 Å². The summed E-state index contributed by atoms with van der Waals surface area (Å²) in [6.45, 7) is 3.76. The van der Waals surface area contributed by atoms with E-state index >= 15 is 0 Å². The van der Waals surface area contributed by atoms with E-state index in [2.05, 4.69) is 0 Å². The van der Waals surface area contributed by atoms with Crippen LogP contribution in [0, 0.1) is 0 Å². The number of aliphatic hydroxyl groups is 1. The lowest BCUT2D eigenvalue weighted by atomic mass is 10.0. The van der Waals surface area contributed by atoms with E-state index in [1.165, 1.54) is 0 Å². The minimum absolute atomic E-state index is 0.491. The summed E-state index contributed by atoms with van der Waals surface area (Å²) in [4.78, 5) is 0. The van der Waals surface area contributed by atoms with Crippen LogP contribution in [0.25, 0.3) is 6.08 Å². The molecule has 0 aromatic heterocycles. The van der Waals surface area contributed by atoms with Crippen LogP contribution in [0.4, 0.5) is 0 Å². The van der Waals surface area contributed by atoms with Gasteiger partial charge in [-0.05, 0) is 49.2 Å². The number of allylic oxidation sites excluding steroid dienone is 1. The molecule has 0 radical (unpaired) electrons. The van der Waals surface area contributed by atoms with Gasteiger partial charge in [0.2, 0.25) is 0 Å². The van der Waals surface area contributed by atoms with Crippen LogP contribution in [0.5, 0.6) is 23.0 Å². The fourth-order valence-electron chi connectivity index (χ4n) is 2.65. The van der Waals surface area contributed by atoms with Crippen molar-refractivity contribution in [3.05, 3.63) is 53.6 Å². The molecule has 5 heteroatoms. The van der Waals surface area contributed by atoms with Crippen molar-refractivity contribution in [2.45, 2.75) is 26.1 Å². The molecule has 0 amide bonds. The molecule has 0 saturated carbocycles. The molecule has 0 aliphatic heterocycles. The van der Waals surface area contributed by atoms with E-state index in [0.29, 0.717) is 28.6 Å². The molecule has 0 spiro atoms. The zero-order valence-electron chi connectivity index (χ0n) is 15.9. The van der Waals surface area contributed by atoms with Crippen LogP contribution in [-0.2, 0) is 0 Å². The molecule has 0 heterocycles. The predicted octanol–water partition coefficient (Wildman–Crippen LogP) is 4.25. The second-order valence-corrected chi connectivity index (χ2v) is 5.79. The summed E-state index contributed by atoms with van der Waals surface area (Å²) in [6.07, 6.45) is 2.61. The van der Waals surface area contributed by atoms with Crippen molar-refractivity contribution in [2.24, 2.45) is 0 Å². The molecule has 26 heavy (non-hydrogen) atoms. The van der Waals surface area contributed by atoms with Crippen molar-refractivity contribution in [2.75, 3.05) is 21.3 Å². The van der Waals surface area contributed by atoms with Crippen LogP contribution in [0.2, 0.25) is 0 Å². The number of rotatable bonds is 8. The van der Waals surface area contributed by atoms with Gasteiger partial charge in [0, 0.05) is 0 Å². The van der Waals surface area contributed by atoms with Gasteiger partial charge >= 0.3 is 0 Å². The minimum atomic E-state index is -0.838. The van der Waals surface area contributed by atoms with Gasteiger partial charge in [-0.15, -0.1) is 0 Å². The van der Waals surface area contributed by atoms with E-state index in [9.17, 15) is 5.11 Å². The Morgan fingerprint density at radius 2 is 1.46 bits per heavy atom. The lowest BCUT2D eigenvalue weighted by molar-refractivity contribution is 0.0450. The Balaban J connectivity index is 2.20. The Morgan fingerprint density at radius 3 is 2.08 bits per heavy atom. The van der Waals surface area contributed by atoms with Crippen molar-refractivity contribution in [3.8, 4) is 23.0 Å². The highest BCUT2D eigenvalue weighted by atomic mass is 16.5. The Hall–Kier alpha value is -2.66. The first-order valence-electron chi connectivity index (χ1n) is 8.41. The average Bonchev–Trinajstić information content (AvgIpc) is 2.67. The first-order chi connectivity index (χ1) is 12.5. The highest BCUT2D eigenvalue weighted by molar-refractivity contribution is 5.55. The van der Waals surface area contributed by atoms with Gasteiger partial charge in [-0.3, -0.25) is 0 Å². The standard InChI is InChI=1S/C21H26O5/c1-6-7-15-8-10-18(19(12-15)24-4)26-14(2)21(22)16-9-11-17(23-3)20(13-16)25-5/h6-14,21-22H,1-5H3/b7-6+/t14-,21+/m1/s1. The summed E-state index contributed by atoms with van der Waals surface area (Å²) in [5, 5.41) is 10.7. The Morgan fingerprint density at radius 1 is 0.846 bits per heavy atom. The lowest BCUT2D eigenvalue weighted by Gasteiger charge is -2.23. The van der Waals surface area contributed by atoms with Gasteiger partial charge < -0.3 is 24.1 Å². The molecule has 0 aliphatic rings. The maximum Gasteiger partial charge on any atom is 0.161 e. The van der Waals surface area contributed by atoms with E-state index in [1.54, 1.807) is 46.5 Å². The lowest BCUT2D eigenvalue weighted by Crippen LogP contribution is -2.22. The number of benzene rings is 2. The molecule has 2 rings (SSSR count). The van der Waals surface area contributed by atoms with E-state index in [0.717, 1.165) is 5.56 Å². The molecule has 0 aliphatic carbocycles. The van der Waals surface area contributed by atoms with Crippen LogP contribution in [0.3, 0.4) is 0 Å². The molecular weight excluding hydrogens is 332 g/mol. The first kappa shape index (κ1) is 19.7. The monoisotopic (exact) mass is 358 g/mol. The molecule has 2 atom stereocenters. The van der Waals surface area contributed by atoms with Crippen molar-refractivity contribution in [1.29, 1.82) is 0 Å². The van der Waals surface area contributed by atoms with Gasteiger partial charge in [-0.2, -0.15) is 0 Å². The predicted molar refractivity (Wildman–Crippen MR) is 102 cm³/mol. The normalized spacial score (nSPS) is 13.3. The van der Waals surface area contributed by atoms with E-state index in [4.69, 9.17) is 18.9 Å². The van der Waals surface area contributed by atoms with E-state index < -0.39 is 12.2 Å². The summed E-state index contributed by atoms with van der Waals surface area (Å²) >= 11 is 0. The second-order valence-electron chi connectivity index (χ2n) is 5.79. The molecule has 2 aromatic rings. The highest BCUT2D eigenvalue weighted by Gasteiger charge is 2.21. The first-order valence-corrected chi connectivity index (χ1v) is 8.41. The maximum absolute atomic E-state index is 10.7. The minimum Gasteiger partial charge on any atom is -0.493 e. The maximum atomic E-state index is 10.7. The molecule has 140 valence electrons. The van der Waals surface area contributed by atoms with Gasteiger partial charge in [0.1, 0.15) is 12.2 Å². The number of hydrogen-bond donors (Lipinski definition) is 1. The van der Waals surface area contributed by atoms with Crippen LogP contribution in [0.15, 0.2) is 42.5 Å². The number of methoxy groups -OCH3 is 3. The summed E-state index contributed by atoms with van der Waals surface area (Å²) in [7, 11) is 4.73. The van der Waals surface area contributed by atoms with Crippen LogP contribution in [-0.4, -0.2) is 32.5 Å². The smallest absolute Gasteiger partial charge is 0.161 e. The quantitative estimate of drug-likeness (QED) is 0.765. The number of aliphatic hydroxyl groups excluding tert-OH is 1. The SMILES string of the molecule is C/C=C/c1ccc(O[C@H](C)[C@H](O)c2ccc(OC)c(OC)c2)c(OC)c1. The molecule has 0 unspecified atom stereocenters. The van der Waals surface area contributed by atoms with Gasteiger partial charge in [-0.1, -0.05) is 24.3 Å². The summed E-state index contributed by atoms with van der Waals surface area (Å²) in [5.41, 5.74) is 1.70. The van der Waals surface area contributed by atoms with E-state index in [1.807, 2.05) is 37.3 Å². The highest BCUT2D eigenvalue weighted by Crippen LogP contribution is 2.34. The summed E-state index contributed by atoms with van der Waals surface area (Å²) in [6, 6.07) is 11.0. The summed E-state index contributed by atoms with van der Waals surface area (Å²) in [5.74, 6) is 2.36. The Labute approximate surface area is 154 Å². The van der Waals surface area contributed by atoms with Crippen molar-refractivity contribution in [3.63, 3.8) is 0 Å². The topological polar surface area (TPSA) is 57.2 Å². The van der Waals surface area contributed by atoms with Crippen molar-refractivity contribution in [1.82, 2.24) is 0 Å². The molecule has 0 saturated heterocycles. The third-order valence-electron chi connectivity index (χ3n) is 4.05. The molecular formula is C21H26O5. The molecule has 0 fully saturated rings. The largest absolute Gasteiger partial charge is 0.493 e. The zero-order valence-corrected chi connectivity index (χ0v) is 15.9. The van der Waals surface area contributed by atoms with Crippen molar-refractivity contribution >= 4 is 6.08 Å². The zero-order chi connectivity index (χ0) is 19.1. The average molecular weight is 358 g/mol. The molecule has 0 bridgehead atoms. The Bertz CT molecular complexity index is 754. The van der Waals surface area contributed by atoms with Crippen LogP contribution in [0.1, 0.15) is 31.1 Å². The summed E-state index contributed by atoms with van der Waals surface area (Å²) < 4.78 is 21.9. The van der Waals surface area contributed by atoms with Gasteiger partial charge in [0.05, 0.1) is 21.3 Å².